The molecule has 0 saturated heterocycles. The normalized spacial score (nSPS) is 12.9. The van der Waals surface area contributed by atoms with Crippen LogP contribution in [0.1, 0.15) is 36.2 Å². The molecule has 7 nitrogen and oxygen atoms in total. The Morgan fingerprint density at radius 1 is 1.33 bits per heavy atom. The minimum absolute atomic E-state index is 0.0228. The van der Waals surface area contributed by atoms with Crippen LogP contribution in [0.15, 0.2) is 30.9 Å². The summed E-state index contributed by atoms with van der Waals surface area (Å²) in [6.07, 6.45) is 4.19. The van der Waals surface area contributed by atoms with E-state index in [0.717, 1.165) is 12.1 Å². The third-order valence-corrected chi connectivity index (χ3v) is 6.17. The molecule has 0 radical (unpaired) electrons. The lowest BCUT2D eigenvalue weighted by Gasteiger charge is -2.15. The third-order valence-electron chi connectivity index (χ3n) is 4.28. The first-order valence-corrected chi connectivity index (χ1v) is 9.62. The Kier molecular flexibility index (Phi) is 4.92. The second-order valence-electron chi connectivity index (χ2n) is 5.97. The standard InChI is InChI=1S/C17H16F2N4O3S/c1-3-9(2)27(25,26)23-13-5-4-12(18)14(15(13)19)16(24)10-7-21-17-11(10)6-20-8-22-17/h4-9,23H,3H2,1-2H3,(H,20,21,22). The molecule has 2 aromatic heterocycles. The van der Waals surface area contributed by atoms with Crippen molar-refractivity contribution in [3.63, 3.8) is 0 Å². The highest BCUT2D eigenvalue weighted by Crippen LogP contribution is 2.27. The summed E-state index contributed by atoms with van der Waals surface area (Å²) in [5.74, 6) is -3.33. The fourth-order valence-corrected chi connectivity index (χ4v) is 3.60. The number of aromatic nitrogens is 3. The van der Waals surface area contributed by atoms with Gasteiger partial charge < -0.3 is 4.98 Å². The van der Waals surface area contributed by atoms with Crippen LogP contribution in [0.2, 0.25) is 0 Å². The zero-order valence-electron chi connectivity index (χ0n) is 14.5. The van der Waals surface area contributed by atoms with Crippen molar-refractivity contribution in [3.8, 4) is 0 Å². The number of benzene rings is 1. The number of sulfonamides is 1. The van der Waals surface area contributed by atoms with Crippen LogP contribution in [-0.2, 0) is 10.0 Å². The highest BCUT2D eigenvalue weighted by atomic mass is 32.2. The van der Waals surface area contributed by atoms with Crippen molar-refractivity contribution < 1.29 is 22.0 Å². The van der Waals surface area contributed by atoms with E-state index in [-0.39, 0.29) is 5.56 Å². The van der Waals surface area contributed by atoms with Crippen molar-refractivity contribution in [1.29, 1.82) is 0 Å². The first-order valence-electron chi connectivity index (χ1n) is 8.07. The molecule has 0 aliphatic rings. The highest BCUT2D eigenvalue weighted by molar-refractivity contribution is 7.93. The number of rotatable bonds is 6. The Labute approximate surface area is 153 Å². The summed E-state index contributed by atoms with van der Waals surface area (Å²) in [5, 5.41) is -0.487. The van der Waals surface area contributed by atoms with E-state index < -0.39 is 43.9 Å². The smallest absolute Gasteiger partial charge is 0.235 e. The number of H-pyrrole nitrogens is 1. The number of hydrogen-bond donors (Lipinski definition) is 2. The molecule has 2 heterocycles. The molecule has 0 spiro atoms. The second-order valence-corrected chi connectivity index (χ2v) is 8.07. The average Bonchev–Trinajstić information content (AvgIpc) is 3.07. The van der Waals surface area contributed by atoms with Crippen molar-refractivity contribution in [2.45, 2.75) is 25.5 Å². The molecule has 0 bridgehead atoms. The van der Waals surface area contributed by atoms with Gasteiger partial charge in [0.1, 0.15) is 17.8 Å². The Hall–Kier alpha value is -2.88. The molecule has 0 aliphatic heterocycles. The van der Waals surface area contributed by atoms with Crippen molar-refractivity contribution in [1.82, 2.24) is 15.0 Å². The first-order chi connectivity index (χ1) is 12.8. The van der Waals surface area contributed by atoms with Gasteiger partial charge in [-0.15, -0.1) is 0 Å². The Morgan fingerprint density at radius 3 is 2.78 bits per heavy atom. The monoisotopic (exact) mass is 394 g/mol. The molecular formula is C17H16F2N4O3S. The first kappa shape index (κ1) is 18.9. The lowest BCUT2D eigenvalue weighted by Crippen LogP contribution is -2.25. The van der Waals surface area contributed by atoms with Gasteiger partial charge in [0.15, 0.2) is 5.82 Å². The average molecular weight is 394 g/mol. The summed E-state index contributed by atoms with van der Waals surface area (Å²) in [6.45, 7) is 3.13. The summed E-state index contributed by atoms with van der Waals surface area (Å²) in [4.78, 5) is 23.2. The van der Waals surface area contributed by atoms with Crippen LogP contribution in [0.3, 0.4) is 0 Å². The zero-order chi connectivity index (χ0) is 19.8. The molecule has 1 atom stereocenters. The minimum Gasteiger partial charge on any atom is -0.345 e. The number of carbonyl (C=O) groups excluding carboxylic acids is 1. The van der Waals surface area contributed by atoms with Crippen LogP contribution in [0, 0.1) is 11.6 Å². The SMILES string of the molecule is CCC(C)S(=O)(=O)Nc1ccc(F)c(C(=O)c2c[nH]c3ncncc23)c1F. The van der Waals surface area contributed by atoms with Crippen LogP contribution in [-0.4, -0.2) is 34.4 Å². The summed E-state index contributed by atoms with van der Waals surface area (Å²) in [6, 6.07) is 1.79. The fourth-order valence-electron chi connectivity index (χ4n) is 2.50. The topological polar surface area (TPSA) is 105 Å². The van der Waals surface area contributed by atoms with Gasteiger partial charge >= 0.3 is 0 Å². The largest absolute Gasteiger partial charge is 0.345 e. The van der Waals surface area contributed by atoms with E-state index in [2.05, 4.69) is 19.7 Å². The van der Waals surface area contributed by atoms with E-state index in [4.69, 9.17) is 0 Å². The highest BCUT2D eigenvalue weighted by Gasteiger charge is 2.27. The third kappa shape index (κ3) is 3.39. The molecule has 1 aromatic carbocycles. The minimum atomic E-state index is -3.88. The maximum Gasteiger partial charge on any atom is 0.235 e. The van der Waals surface area contributed by atoms with Crippen LogP contribution in [0.4, 0.5) is 14.5 Å². The van der Waals surface area contributed by atoms with E-state index in [1.807, 2.05) is 0 Å². The van der Waals surface area contributed by atoms with Gasteiger partial charge in [-0.3, -0.25) is 9.52 Å². The molecule has 0 fully saturated rings. The Morgan fingerprint density at radius 2 is 2.07 bits per heavy atom. The number of anilines is 1. The van der Waals surface area contributed by atoms with Gasteiger partial charge in [-0.05, 0) is 25.5 Å². The van der Waals surface area contributed by atoms with Crippen molar-refractivity contribution in [2.24, 2.45) is 0 Å². The molecular weight excluding hydrogens is 378 g/mol. The molecule has 3 aromatic rings. The summed E-state index contributed by atoms with van der Waals surface area (Å²) >= 11 is 0. The van der Waals surface area contributed by atoms with Gasteiger partial charge in [0.2, 0.25) is 15.8 Å². The number of nitrogens with zero attached hydrogens (tertiary/aromatic N) is 2. The number of ketones is 1. The lowest BCUT2D eigenvalue weighted by atomic mass is 10.0. The van der Waals surface area contributed by atoms with Gasteiger partial charge in [0.25, 0.3) is 0 Å². The fraction of sp³-hybridized carbons (Fsp3) is 0.235. The Bertz CT molecular complexity index is 1130. The lowest BCUT2D eigenvalue weighted by molar-refractivity contribution is 0.103. The maximum absolute atomic E-state index is 14.8. The molecule has 142 valence electrons. The van der Waals surface area contributed by atoms with Gasteiger partial charge in [0, 0.05) is 17.8 Å². The van der Waals surface area contributed by atoms with Crippen LogP contribution in [0.5, 0.6) is 0 Å². The van der Waals surface area contributed by atoms with Gasteiger partial charge in [-0.25, -0.2) is 27.2 Å². The Balaban J connectivity index is 2.07. The number of hydrogen-bond acceptors (Lipinski definition) is 5. The predicted molar refractivity (Wildman–Crippen MR) is 96.0 cm³/mol. The molecule has 1 unspecified atom stereocenters. The van der Waals surface area contributed by atoms with Crippen molar-refractivity contribution in [2.75, 3.05) is 4.72 Å². The van der Waals surface area contributed by atoms with Crippen LogP contribution < -0.4 is 4.72 Å². The molecule has 0 amide bonds. The van der Waals surface area contributed by atoms with E-state index in [1.54, 1.807) is 6.92 Å². The number of fused-ring (bicyclic) bond motifs is 1. The van der Waals surface area contributed by atoms with Crippen molar-refractivity contribution in [3.05, 3.63) is 53.6 Å². The van der Waals surface area contributed by atoms with Gasteiger partial charge in [-0.2, -0.15) is 0 Å². The zero-order valence-corrected chi connectivity index (χ0v) is 15.3. The van der Waals surface area contributed by atoms with E-state index in [1.165, 1.54) is 25.6 Å². The number of carbonyl (C=O) groups is 1. The molecule has 0 saturated carbocycles. The summed E-state index contributed by atoms with van der Waals surface area (Å²) in [7, 11) is -3.88. The van der Waals surface area contributed by atoms with Crippen LogP contribution in [0.25, 0.3) is 11.0 Å². The quantitative estimate of drug-likeness (QED) is 0.626. The summed E-state index contributed by atoms with van der Waals surface area (Å²) in [5.41, 5.74) is -1.03. The number of halogens is 2. The number of nitrogens with one attached hydrogen (secondary N) is 2. The van der Waals surface area contributed by atoms with Gasteiger partial charge in [0.05, 0.1) is 22.1 Å². The number of aromatic amines is 1. The molecule has 27 heavy (non-hydrogen) atoms. The van der Waals surface area contributed by atoms with E-state index in [9.17, 15) is 22.0 Å². The van der Waals surface area contributed by atoms with E-state index in [0.29, 0.717) is 17.5 Å². The molecule has 2 N–H and O–H groups in total. The van der Waals surface area contributed by atoms with Gasteiger partial charge in [-0.1, -0.05) is 6.92 Å². The molecule has 10 heteroatoms. The predicted octanol–water partition coefficient (Wildman–Crippen LogP) is 3.01. The second kappa shape index (κ2) is 7.03. The summed E-state index contributed by atoms with van der Waals surface area (Å²) < 4.78 is 55.5. The molecule has 3 rings (SSSR count). The van der Waals surface area contributed by atoms with Crippen LogP contribution >= 0.6 is 0 Å². The molecule has 0 aliphatic carbocycles. The maximum atomic E-state index is 14.8. The van der Waals surface area contributed by atoms with Crippen molar-refractivity contribution >= 4 is 32.5 Å². The van der Waals surface area contributed by atoms with E-state index >= 15 is 0 Å².